The molecule has 0 spiro atoms. The predicted molar refractivity (Wildman–Crippen MR) is 59.5 cm³/mol. The average Bonchev–Trinajstić information content (AvgIpc) is 2.28. The van der Waals surface area contributed by atoms with Crippen molar-refractivity contribution in [2.75, 3.05) is 6.61 Å². The summed E-state index contributed by atoms with van der Waals surface area (Å²) in [5.41, 5.74) is 5.70. The highest BCUT2D eigenvalue weighted by Crippen LogP contribution is 2.12. The van der Waals surface area contributed by atoms with Crippen molar-refractivity contribution in [3.05, 3.63) is 18.1 Å². The average molecular weight is 224 g/mol. The molecule has 6 heteroatoms. The van der Waals surface area contributed by atoms with Gasteiger partial charge in [0.2, 0.25) is 5.88 Å². The van der Waals surface area contributed by atoms with Crippen molar-refractivity contribution in [2.45, 2.75) is 20.3 Å². The Morgan fingerprint density at radius 2 is 2.19 bits per heavy atom. The molecule has 1 heterocycles. The molecule has 0 fully saturated rings. The van der Waals surface area contributed by atoms with Crippen molar-refractivity contribution in [1.82, 2.24) is 9.97 Å². The first-order valence-electron chi connectivity index (χ1n) is 5.06. The first-order valence-corrected chi connectivity index (χ1v) is 5.06. The van der Waals surface area contributed by atoms with Crippen LogP contribution >= 0.6 is 0 Å². The lowest BCUT2D eigenvalue weighted by molar-refractivity contribution is 0.276. The van der Waals surface area contributed by atoms with Gasteiger partial charge in [0.05, 0.1) is 6.61 Å². The standard InChI is InChI=1S/C10H16N4O2/c1-7(2)3-6-16-10-8(9(11)14-15)12-4-5-13-10/h4-5,7,15H,3,6H2,1-2H3,(H2,11,14). The highest BCUT2D eigenvalue weighted by molar-refractivity contribution is 5.97. The van der Waals surface area contributed by atoms with Crippen LogP contribution in [0.25, 0.3) is 0 Å². The quantitative estimate of drug-likeness (QED) is 0.337. The van der Waals surface area contributed by atoms with E-state index in [1.165, 1.54) is 12.4 Å². The molecule has 1 aromatic heterocycles. The molecular weight excluding hydrogens is 208 g/mol. The van der Waals surface area contributed by atoms with E-state index < -0.39 is 0 Å². The number of aromatic nitrogens is 2. The summed E-state index contributed by atoms with van der Waals surface area (Å²) in [5, 5.41) is 11.4. The van der Waals surface area contributed by atoms with E-state index in [1.54, 1.807) is 0 Å². The van der Waals surface area contributed by atoms with Crippen LogP contribution in [0.1, 0.15) is 26.0 Å². The molecule has 0 aromatic carbocycles. The summed E-state index contributed by atoms with van der Waals surface area (Å²) in [6.07, 6.45) is 3.87. The molecule has 16 heavy (non-hydrogen) atoms. The van der Waals surface area contributed by atoms with Gasteiger partial charge in [0.25, 0.3) is 0 Å². The van der Waals surface area contributed by atoms with Gasteiger partial charge in [0.1, 0.15) is 0 Å². The molecule has 1 aromatic rings. The van der Waals surface area contributed by atoms with Crippen LogP contribution in [0.3, 0.4) is 0 Å². The first-order chi connectivity index (χ1) is 7.65. The Bertz CT molecular complexity index is 366. The van der Waals surface area contributed by atoms with Crippen molar-refractivity contribution in [3.8, 4) is 5.88 Å². The largest absolute Gasteiger partial charge is 0.476 e. The summed E-state index contributed by atoms with van der Waals surface area (Å²) in [4.78, 5) is 7.93. The fourth-order valence-electron chi connectivity index (χ4n) is 1.05. The number of hydrogen-bond acceptors (Lipinski definition) is 5. The molecule has 0 bridgehead atoms. The van der Waals surface area contributed by atoms with E-state index in [1.807, 2.05) is 0 Å². The van der Waals surface area contributed by atoms with Crippen LogP contribution in [-0.2, 0) is 0 Å². The van der Waals surface area contributed by atoms with Crippen molar-refractivity contribution < 1.29 is 9.94 Å². The lowest BCUT2D eigenvalue weighted by atomic mass is 10.1. The Balaban J connectivity index is 2.72. The van der Waals surface area contributed by atoms with Crippen LogP contribution in [0.15, 0.2) is 17.5 Å². The van der Waals surface area contributed by atoms with Crippen molar-refractivity contribution >= 4 is 5.84 Å². The topological polar surface area (TPSA) is 93.6 Å². The number of ether oxygens (including phenoxy) is 1. The highest BCUT2D eigenvalue weighted by atomic mass is 16.5. The third-order valence-corrected chi connectivity index (χ3v) is 1.95. The predicted octanol–water partition coefficient (Wildman–Crippen LogP) is 0.996. The number of nitrogens with two attached hydrogens (primary N) is 1. The molecule has 0 aliphatic rings. The van der Waals surface area contributed by atoms with Gasteiger partial charge in [0.15, 0.2) is 11.5 Å². The smallest absolute Gasteiger partial charge is 0.243 e. The van der Waals surface area contributed by atoms with Gasteiger partial charge >= 0.3 is 0 Å². The SMILES string of the molecule is CC(C)CCOc1nccnc1C(N)=NO. The number of nitrogens with zero attached hydrogens (tertiary/aromatic N) is 3. The summed E-state index contributed by atoms with van der Waals surface area (Å²) in [7, 11) is 0. The molecule has 0 unspecified atom stereocenters. The van der Waals surface area contributed by atoms with E-state index in [2.05, 4.69) is 29.0 Å². The second kappa shape index (κ2) is 5.89. The fourth-order valence-corrected chi connectivity index (χ4v) is 1.05. The third-order valence-electron chi connectivity index (χ3n) is 1.95. The van der Waals surface area contributed by atoms with Gasteiger partial charge in [-0.05, 0) is 12.3 Å². The molecular formula is C10H16N4O2. The first kappa shape index (κ1) is 12.2. The molecule has 1 rings (SSSR count). The van der Waals surface area contributed by atoms with Crippen molar-refractivity contribution in [2.24, 2.45) is 16.8 Å². The van der Waals surface area contributed by atoms with Crippen molar-refractivity contribution in [3.63, 3.8) is 0 Å². The third kappa shape index (κ3) is 3.38. The molecule has 3 N–H and O–H groups in total. The minimum atomic E-state index is -0.104. The maximum Gasteiger partial charge on any atom is 0.243 e. The maximum atomic E-state index is 8.57. The summed E-state index contributed by atoms with van der Waals surface area (Å²) >= 11 is 0. The zero-order valence-electron chi connectivity index (χ0n) is 9.42. The highest BCUT2D eigenvalue weighted by Gasteiger charge is 2.10. The number of hydrogen-bond donors (Lipinski definition) is 2. The summed E-state index contributed by atoms with van der Waals surface area (Å²) < 4.78 is 5.43. The van der Waals surface area contributed by atoms with Crippen LogP contribution in [0.5, 0.6) is 5.88 Å². The summed E-state index contributed by atoms with van der Waals surface area (Å²) in [6.45, 7) is 4.73. The number of amidine groups is 1. The van der Waals surface area contributed by atoms with E-state index in [9.17, 15) is 0 Å². The maximum absolute atomic E-state index is 8.57. The normalized spacial score (nSPS) is 11.8. The van der Waals surface area contributed by atoms with E-state index in [0.29, 0.717) is 18.4 Å². The molecule has 0 aliphatic heterocycles. The monoisotopic (exact) mass is 224 g/mol. The second-order valence-electron chi connectivity index (χ2n) is 3.73. The second-order valence-corrected chi connectivity index (χ2v) is 3.73. The van der Waals surface area contributed by atoms with Crippen LogP contribution in [-0.4, -0.2) is 27.6 Å². The summed E-state index contributed by atoms with van der Waals surface area (Å²) in [5.74, 6) is 0.732. The zero-order chi connectivity index (χ0) is 12.0. The minimum Gasteiger partial charge on any atom is -0.476 e. The minimum absolute atomic E-state index is 0.104. The Kier molecular flexibility index (Phi) is 4.50. The molecule has 0 atom stereocenters. The molecule has 0 saturated heterocycles. The molecule has 0 amide bonds. The van der Waals surface area contributed by atoms with E-state index >= 15 is 0 Å². The Morgan fingerprint density at radius 3 is 2.81 bits per heavy atom. The van der Waals surface area contributed by atoms with Gasteiger partial charge in [-0.15, -0.1) is 0 Å². The molecule has 0 radical (unpaired) electrons. The molecule has 88 valence electrons. The van der Waals surface area contributed by atoms with Crippen molar-refractivity contribution in [1.29, 1.82) is 0 Å². The Hall–Kier alpha value is -1.85. The van der Waals surface area contributed by atoms with Gasteiger partial charge in [-0.3, -0.25) is 0 Å². The zero-order valence-corrected chi connectivity index (χ0v) is 9.42. The van der Waals surface area contributed by atoms with Gasteiger partial charge in [-0.1, -0.05) is 19.0 Å². The Labute approximate surface area is 94.2 Å². The van der Waals surface area contributed by atoms with Crippen LogP contribution in [0.2, 0.25) is 0 Å². The van der Waals surface area contributed by atoms with Gasteiger partial charge in [0, 0.05) is 12.4 Å². The van der Waals surface area contributed by atoms with E-state index in [4.69, 9.17) is 15.7 Å². The van der Waals surface area contributed by atoms with Crippen LogP contribution < -0.4 is 10.5 Å². The number of oxime groups is 1. The van der Waals surface area contributed by atoms with Crippen LogP contribution in [0, 0.1) is 5.92 Å². The molecule has 6 nitrogen and oxygen atoms in total. The number of rotatable bonds is 5. The van der Waals surface area contributed by atoms with Gasteiger partial charge in [-0.2, -0.15) is 0 Å². The van der Waals surface area contributed by atoms with Gasteiger partial charge in [-0.25, -0.2) is 9.97 Å². The molecule has 0 saturated carbocycles. The fraction of sp³-hybridized carbons (Fsp3) is 0.500. The summed E-state index contributed by atoms with van der Waals surface area (Å²) in [6, 6.07) is 0. The molecule has 0 aliphatic carbocycles. The Morgan fingerprint density at radius 1 is 1.50 bits per heavy atom. The van der Waals surface area contributed by atoms with E-state index in [-0.39, 0.29) is 11.5 Å². The lowest BCUT2D eigenvalue weighted by Gasteiger charge is -2.09. The lowest BCUT2D eigenvalue weighted by Crippen LogP contribution is -2.18. The van der Waals surface area contributed by atoms with E-state index in [0.717, 1.165) is 6.42 Å². The van der Waals surface area contributed by atoms with Crippen LogP contribution in [0.4, 0.5) is 0 Å². The van der Waals surface area contributed by atoms with Gasteiger partial charge < -0.3 is 15.7 Å².